The van der Waals surface area contributed by atoms with Gasteiger partial charge in [-0.05, 0) is 32.3 Å². The topological polar surface area (TPSA) is 68.8 Å². The van der Waals surface area contributed by atoms with Gasteiger partial charge in [0, 0.05) is 68.4 Å². The number of hydrogen-bond donors (Lipinski definition) is 1. The molecule has 8 heteroatoms. The van der Waals surface area contributed by atoms with Gasteiger partial charge in [0.1, 0.15) is 5.67 Å². The maximum atomic E-state index is 15.3. The van der Waals surface area contributed by atoms with Crippen molar-refractivity contribution < 1.29 is 14.0 Å². The second-order valence-electron chi connectivity index (χ2n) is 11.9. The highest BCUT2D eigenvalue weighted by Gasteiger charge is 2.41. The molecular weight excluding hydrogens is 445 g/mol. The summed E-state index contributed by atoms with van der Waals surface area (Å²) in [5, 5.41) is 3.52. The van der Waals surface area contributed by atoms with Crippen LogP contribution in [0.4, 0.5) is 10.1 Å². The summed E-state index contributed by atoms with van der Waals surface area (Å²) in [6.45, 7) is 15.8. The van der Waals surface area contributed by atoms with Crippen molar-refractivity contribution in [3.63, 3.8) is 0 Å². The molecule has 35 heavy (non-hydrogen) atoms. The summed E-state index contributed by atoms with van der Waals surface area (Å²) in [4.78, 5) is 36.6. The van der Waals surface area contributed by atoms with E-state index in [0.29, 0.717) is 37.5 Å². The maximum Gasteiger partial charge on any atom is 0.241 e. The average Bonchev–Trinajstić information content (AvgIpc) is 3.24. The first kappa shape index (κ1) is 26.0. The molecule has 3 aliphatic rings. The summed E-state index contributed by atoms with van der Waals surface area (Å²) >= 11 is 0. The van der Waals surface area contributed by atoms with Crippen molar-refractivity contribution in [2.45, 2.75) is 84.0 Å². The summed E-state index contributed by atoms with van der Waals surface area (Å²) in [6.07, 6.45) is 3.49. The van der Waals surface area contributed by atoms with Crippen molar-refractivity contribution >= 4 is 17.5 Å². The Kier molecular flexibility index (Phi) is 7.26. The number of carbonyl (C=O) groups excluding carboxylic acids is 2. The first-order chi connectivity index (χ1) is 16.4. The van der Waals surface area contributed by atoms with Crippen LogP contribution < -0.4 is 10.2 Å². The summed E-state index contributed by atoms with van der Waals surface area (Å²) in [5.74, 6) is 0.609. The van der Waals surface area contributed by atoms with Crippen LogP contribution in [0.15, 0.2) is 12.3 Å². The predicted molar refractivity (Wildman–Crippen MR) is 136 cm³/mol. The molecule has 2 amide bonds. The Bertz CT molecular complexity index is 965. The normalized spacial score (nSPS) is 28.3. The lowest BCUT2D eigenvalue weighted by molar-refractivity contribution is -0.128. The van der Waals surface area contributed by atoms with E-state index < -0.39 is 5.67 Å². The lowest BCUT2D eigenvalue weighted by Crippen LogP contribution is -2.61. The van der Waals surface area contributed by atoms with Crippen LogP contribution in [0.2, 0.25) is 0 Å². The number of hydrogen-bond acceptors (Lipinski definition) is 5. The van der Waals surface area contributed by atoms with E-state index in [1.165, 1.54) is 0 Å². The Morgan fingerprint density at radius 3 is 2.71 bits per heavy atom. The molecule has 0 radical (unpaired) electrons. The molecule has 3 aliphatic heterocycles. The number of pyridine rings is 1. The minimum Gasteiger partial charge on any atom is -0.341 e. The molecule has 4 rings (SSSR count). The number of nitrogens with one attached hydrogen (secondary N) is 1. The SMILES string of the molecule is CCCC(C)(F)c1cc2c(cn1)C(C)(C)CN2C(=O)CN1C[C@@H](C)NC[C@@H]1CN1C[C@@H](C)CC1=O. The molecule has 4 heterocycles. The molecule has 194 valence electrons. The van der Waals surface area contributed by atoms with E-state index in [4.69, 9.17) is 0 Å². The molecule has 0 aliphatic carbocycles. The number of halogens is 1. The molecule has 0 bridgehead atoms. The van der Waals surface area contributed by atoms with Crippen LogP contribution in [0.5, 0.6) is 0 Å². The predicted octanol–water partition coefficient (Wildman–Crippen LogP) is 3.22. The van der Waals surface area contributed by atoms with E-state index in [1.54, 1.807) is 19.2 Å². The van der Waals surface area contributed by atoms with Crippen LogP contribution in [0.3, 0.4) is 0 Å². The van der Waals surface area contributed by atoms with Crippen molar-refractivity contribution in [2.24, 2.45) is 5.92 Å². The maximum absolute atomic E-state index is 15.3. The van der Waals surface area contributed by atoms with Gasteiger partial charge in [-0.1, -0.05) is 34.1 Å². The van der Waals surface area contributed by atoms with E-state index >= 15 is 4.39 Å². The molecule has 0 saturated carbocycles. The standard InChI is InChI=1S/C27H42FN5O2/c1-7-8-27(6,28)23-10-22-21(12-30-23)26(4,5)17-33(22)25(35)16-31-14-19(3)29-11-20(31)15-32-13-18(2)9-24(32)34/h10,12,18-20,29H,7-9,11,13-17H2,1-6H3/t18-,19+,20+,27?/m0/s1. The van der Waals surface area contributed by atoms with Crippen molar-refractivity contribution in [1.82, 2.24) is 20.1 Å². The van der Waals surface area contributed by atoms with Gasteiger partial charge >= 0.3 is 0 Å². The van der Waals surface area contributed by atoms with E-state index in [1.807, 2.05) is 16.7 Å². The molecule has 1 N–H and O–H groups in total. The van der Waals surface area contributed by atoms with Gasteiger partial charge in [0.25, 0.3) is 0 Å². The van der Waals surface area contributed by atoms with Crippen LogP contribution >= 0.6 is 0 Å². The Balaban J connectivity index is 1.54. The Labute approximate surface area is 209 Å². The highest BCUT2D eigenvalue weighted by atomic mass is 19.1. The smallest absolute Gasteiger partial charge is 0.241 e. The van der Waals surface area contributed by atoms with Gasteiger partial charge < -0.3 is 15.1 Å². The molecule has 7 nitrogen and oxygen atoms in total. The molecule has 1 aromatic heterocycles. The minimum atomic E-state index is -1.52. The third kappa shape index (κ3) is 5.38. The fraction of sp³-hybridized carbons (Fsp3) is 0.741. The van der Waals surface area contributed by atoms with Crippen LogP contribution in [0.25, 0.3) is 0 Å². The summed E-state index contributed by atoms with van der Waals surface area (Å²) in [6, 6.07) is 2.15. The second-order valence-corrected chi connectivity index (χ2v) is 11.9. The molecule has 0 aromatic carbocycles. The minimum absolute atomic E-state index is 0.0187. The fourth-order valence-corrected chi connectivity index (χ4v) is 5.93. The Hall–Kier alpha value is -2.06. The lowest BCUT2D eigenvalue weighted by Gasteiger charge is -2.41. The second kappa shape index (κ2) is 9.77. The molecule has 1 unspecified atom stereocenters. The van der Waals surface area contributed by atoms with Crippen LogP contribution in [0, 0.1) is 5.92 Å². The summed E-state index contributed by atoms with van der Waals surface area (Å²) in [5.41, 5.74) is 0.396. The Morgan fingerprint density at radius 2 is 2.06 bits per heavy atom. The van der Waals surface area contributed by atoms with Crippen molar-refractivity contribution in [3.8, 4) is 0 Å². The number of amides is 2. The lowest BCUT2D eigenvalue weighted by atomic mass is 9.87. The highest BCUT2D eigenvalue weighted by molar-refractivity contribution is 5.97. The number of nitrogens with zero attached hydrogens (tertiary/aromatic N) is 4. The zero-order chi connectivity index (χ0) is 25.5. The van der Waals surface area contributed by atoms with Crippen molar-refractivity contribution in [3.05, 3.63) is 23.5 Å². The summed E-state index contributed by atoms with van der Waals surface area (Å²) in [7, 11) is 0. The van der Waals surface area contributed by atoms with E-state index in [2.05, 4.69) is 42.9 Å². The van der Waals surface area contributed by atoms with Crippen LogP contribution in [-0.2, 0) is 20.7 Å². The quantitative estimate of drug-likeness (QED) is 0.640. The first-order valence-corrected chi connectivity index (χ1v) is 13.2. The molecule has 2 saturated heterocycles. The fourth-order valence-electron chi connectivity index (χ4n) is 5.93. The third-order valence-corrected chi connectivity index (χ3v) is 7.91. The number of anilines is 1. The molecule has 2 fully saturated rings. The Morgan fingerprint density at radius 1 is 1.31 bits per heavy atom. The van der Waals surface area contributed by atoms with Gasteiger partial charge in [0.15, 0.2) is 0 Å². The molecule has 4 atom stereocenters. The monoisotopic (exact) mass is 487 g/mol. The average molecular weight is 488 g/mol. The summed E-state index contributed by atoms with van der Waals surface area (Å²) < 4.78 is 15.3. The zero-order valence-corrected chi connectivity index (χ0v) is 22.2. The van der Waals surface area contributed by atoms with Crippen LogP contribution in [0.1, 0.15) is 72.1 Å². The van der Waals surface area contributed by atoms with Gasteiger partial charge in [0.2, 0.25) is 11.8 Å². The van der Waals surface area contributed by atoms with Gasteiger partial charge in [-0.3, -0.25) is 19.5 Å². The van der Waals surface area contributed by atoms with Gasteiger partial charge in [-0.25, -0.2) is 4.39 Å². The first-order valence-electron chi connectivity index (χ1n) is 13.2. The zero-order valence-electron chi connectivity index (χ0n) is 22.2. The number of carbonyl (C=O) groups is 2. The number of fused-ring (bicyclic) bond motifs is 1. The van der Waals surface area contributed by atoms with E-state index in [9.17, 15) is 9.59 Å². The van der Waals surface area contributed by atoms with Gasteiger partial charge in [-0.2, -0.15) is 0 Å². The van der Waals surface area contributed by atoms with Crippen molar-refractivity contribution in [2.75, 3.05) is 44.2 Å². The van der Waals surface area contributed by atoms with E-state index in [-0.39, 0.29) is 35.9 Å². The number of piperazine rings is 1. The number of alkyl halides is 1. The largest absolute Gasteiger partial charge is 0.341 e. The van der Waals surface area contributed by atoms with Gasteiger partial charge in [0.05, 0.1) is 17.9 Å². The van der Waals surface area contributed by atoms with Gasteiger partial charge in [-0.15, -0.1) is 0 Å². The van der Waals surface area contributed by atoms with Crippen LogP contribution in [-0.4, -0.2) is 78.0 Å². The molecular formula is C27H42FN5O2. The number of aromatic nitrogens is 1. The molecule has 1 aromatic rings. The number of rotatable bonds is 7. The highest BCUT2D eigenvalue weighted by Crippen LogP contribution is 2.42. The number of likely N-dealkylation sites (tertiary alicyclic amines) is 1. The third-order valence-electron chi connectivity index (χ3n) is 7.91. The molecule has 0 spiro atoms. The van der Waals surface area contributed by atoms with Crippen molar-refractivity contribution in [1.29, 1.82) is 0 Å². The van der Waals surface area contributed by atoms with E-state index in [0.717, 1.165) is 37.3 Å².